The Morgan fingerprint density at radius 2 is 2.40 bits per heavy atom. The number of halogens is 2. The number of hydrogen-bond acceptors (Lipinski definition) is 3. The van der Waals surface area contributed by atoms with E-state index < -0.39 is 0 Å². The molecule has 0 spiro atoms. The maximum absolute atomic E-state index is 13.7. The first-order chi connectivity index (χ1) is 9.65. The van der Waals surface area contributed by atoms with Crippen LogP contribution in [0.3, 0.4) is 0 Å². The van der Waals surface area contributed by atoms with E-state index in [1.54, 1.807) is 12.1 Å². The topological polar surface area (TPSA) is 59.8 Å². The van der Waals surface area contributed by atoms with E-state index in [1.807, 2.05) is 0 Å². The third-order valence-electron chi connectivity index (χ3n) is 3.28. The average molecular weight is 295 g/mol. The van der Waals surface area contributed by atoms with Gasteiger partial charge in [-0.3, -0.25) is 4.79 Å². The van der Waals surface area contributed by atoms with Crippen molar-refractivity contribution in [3.8, 4) is 0 Å². The second-order valence-electron chi connectivity index (χ2n) is 4.74. The van der Waals surface area contributed by atoms with Crippen molar-refractivity contribution in [2.24, 2.45) is 0 Å². The molecule has 5 nitrogen and oxygen atoms in total. The number of hydrogen-bond donors (Lipinski definition) is 1. The normalized spacial score (nSPS) is 20.7. The molecule has 1 amide bonds. The molecule has 2 aromatic rings. The molecule has 20 heavy (non-hydrogen) atoms. The highest BCUT2D eigenvalue weighted by atomic mass is 35.5. The number of amides is 1. The third kappa shape index (κ3) is 2.65. The van der Waals surface area contributed by atoms with Gasteiger partial charge < -0.3 is 5.32 Å². The fraction of sp³-hybridized carbons (Fsp3) is 0.308. The summed E-state index contributed by atoms with van der Waals surface area (Å²) < 4.78 is 15.2. The summed E-state index contributed by atoms with van der Waals surface area (Å²) in [7, 11) is 0. The van der Waals surface area contributed by atoms with Crippen LogP contribution in [0.2, 0.25) is 5.02 Å². The van der Waals surface area contributed by atoms with E-state index in [0.717, 1.165) is 0 Å². The fourth-order valence-electron chi connectivity index (χ4n) is 2.25. The molecule has 1 aromatic heterocycles. The van der Waals surface area contributed by atoms with E-state index in [-0.39, 0.29) is 30.2 Å². The monoisotopic (exact) mass is 294 g/mol. The van der Waals surface area contributed by atoms with Crippen LogP contribution in [-0.2, 0) is 11.3 Å². The molecule has 1 aliphatic carbocycles. The second kappa shape index (κ2) is 5.20. The first-order valence-electron chi connectivity index (χ1n) is 6.21. The Morgan fingerprint density at radius 3 is 3.10 bits per heavy atom. The van der Waals surface area contributed by atoms with Crippen molar-refractivity contribution in [3.05, 3.63) is 47.3 Å². The molecule has 104 valence electrons. The fourth-order valence-corrected chi connectivity index (χ4v) is 2.56. The summed E-state index contributed by atoms with van der Waals surface area (Å²) in [6, 6.07) is 4.54. The van der Waals surface area contributed by atoms with Gasteiger partial charge in [0.1, 0.15) is 25.0 Å². The highest BCUT2D eigenvalue weighted by molar-refractivity contribution is 6.31. The van der Waals surface area contributed by atoms with Gasteiger partial charge in [-0.15, -0.1) is 0 Å². The van der Waals surface area contributed by atoms with Crippen LogP contribution in [0, 0.1) is 5.82 Å². The van der Waals surface area contributed by atoms with Gasteiger partial charge >= 0.3 is 0 Å². The summed E-state index contributed by atoms with van der Waals surface area (Å²) in [5, 5.41) is 7.10. The Hall–Kier alpha value is -1.95. The molecular formula is C13H12ClFN4O. The predicted octanol–water partition coefficient (Wildman–Crippen LogP) is 1.74. The Balaban J connectivity index is 1.61. The summed E-state index contributed by atoms with van der Waals surface area (Å²) in [5.41, 5.74) is 0.486. The molecule has 0 unspecified atom stereocenters. The number of carbonyl (C=O) groups excluding carboxylic acids is 1. The molecule has 0 bridgehead atoms. The van der Waals surface area contributed by atoms with Gasteiger partial charge in [0, 0.05) is 22.5 Å². The van der Waals surface area contributed by atoms with E-state index >= 15 is 0 Å². The number of nitrogens with zero attached hydrogens (tertiary/aromatic N) is 3. The van der Waals surface area contributed by atoms with Crippen molar-refractivity contribution in [2.75, 3.05) is 0 Å². The first kappa shape index (κ1) is 13.1. The van der Waals surface area contributed by atoms with Crippen LogP contribution in [0.5, 0.6) is 0 Å². The van der Waals surface area contributed by atoms with Gasteiger partial charge in [-0.2, -0.15) is 5.10 Å². The van der Waals surface area contributed by atoms with Crippen molar-refractivity contribution in [1.29, 1.82) is 0 Å². The summed E-state index contributed by atoms with van der Waals surface area (Å²) in [6.07, 6.45) is 3.54. The Bertz CT molecular complexity index is 611. The molecule has 3 rings (SSSR count). The van der Waals surface area contributed by atoms with Crippen LogP contribution < -0.4 is 5.32 Å². The van der Waals surface area contributed by atoms with E-state index in [9.17, 15) is 9.18 Å². The number of rotatable bonds is 4. The standard InChI is InChI=1S/C13H12ClFN4O/c14-9-2-1-3-10(15)13(9)8-4-11(8)18-12(20)5-19-7-16-6-17-19/h1-3,6-8,11H,4-5H2,(H,18,20)/t8-,11-/m1/s1. The second-order valence-corrected chi connectivity index (χ2v) is 5.15. The van der Waals surface area contributed by atoms with Gasteiger partial charge in [0.25, 0.3) is 0 Å². The maximum Gasteiger partial charge on any atom is 0.242 e. The molecule has 1 aromatic carbocycles. The molecule has 1 aliphatic rings. The molecule has 1 heterocycles. The van der Waals surface area contributed by atoms with E-state index in [1.165, 1.54) is 23.4 Å². The first-order valence-corrected chi connectivity index (χ1v) is 6.58. The van der Waals surface area contributed by atoms with Gasteiger partial charge in [-0.25, -0.2) is 14.1 Å². The number of aromatic nitrogens is 3. The van der Waals surface area contributed by atoms with Crippen molar-refractivity contribution in [1.82, 2.24) is 20.1 Å². The Labute approximate surface area is 119 Å². The largest absolute Gasteiger partial charge is 0.351 e. The van der Waals surface area contributed by atoms with Crippen LogP contribution in [-0.4, -0.2) is 26.7 Å². The molecule has 2 atom stereocenters. The van der Waals surface area contributed by atoms with Crippen LogP contribution in [0.4, 0.5) is 4.39 Å². The van der Waals surface area contributed by atoms with Gasteiger partial charge in [-0.1, -0.05) is 17.7 Å². The summed E-state index contributed by atoms with van der Waals surface area (Å²) >= 11 is 6.01. The average Bonchev–Trinajstić information content (AvgIpc) is 2.93. The minimum atomic E-state index is -0.324. The van der Waals surface area contributed by atoms with Crippen molar-refractivity contribution in [2.45, 2.75) is 24.9 Å². The zero-order chi connectivity index (χ0) is 14.1. The lowest BCUT2D eigenvalue weighted by atomic mass is 10.1. The van der Waals surface area contributed by atoms with Crippen LogP contribution in [0.15, 0.2) is 30.9 Å². The zero-order valence-corrected chi connectivity index (χ0v) is 11.2. The minimum Gasteiger partial charge on any atom is -0.351 e. The number of carbonyl (C=O) groups is 1. The van der Waals surface area contributed by atoms with Crippen molar-refractivity contribution in [3.63, 3.8) is 0 Å². The van der Waals surface area contributed by atoms with Gasteiger partial charge in [-0.05, 0) is 18.6 Å². The summed E-state index contributed by atoms with van der Waals surface area (Å²) in [4.78, 5) is 15.5. The number of benzene rings is 1. The van der Waals surface area contributed by atoms with E-state index in [2.05, 4.69) is 15.4 Å². The zero-order valence-electron chi connectivity index (χ0n) is 10.5. The van der Waals surface area contributed by atoms with Crippen LogP contribution in [0.1, 0.15) is 17.9 Å². The lowest BCUT2D eigenvalue weighted by Gasteiger charge is -2.07. The van der Waals surface area contributed by atoms with Crippen molar-refractivity contribution >= 4 is 17.5 Å². The third-order valence-corrected chi connectivity index (χ3v) is 3.61. The number of nitrogens with one attached hydrogen (secondary N) is 1. The van der Waals surface area contributed by atoms with Crippen LogP contribution >= 0.6 is 11.6 Å². The molecule has 0 aliphatic heterocycles. The van der Waals surface area contributed by atoms with Crippen molar-refractivity contribution < 1.29 is 9.18 Å². The molecule has 7 heteroatoms. The molecule has 1 fully saturated rings. The summed E-state index contributed by atoms with van der Waals surface area (Å²) in [6.45, 7) is 0.105. The quantitative estimate of drug-likeness (QED) is 0.934. The SMILES string of the molecule is O=C(Cn1cncn1)N[C@@H]1C[C@H]1c1c(F)cccc1Cl. The highest BCUT2D eigenvalue weighted by Crippen LogP contribution is 2.44. The lowest BCUT2D eigenvalue weighted by Crippen LogP contribution is -2.30. The van der Waals surface area contributed by atoms with Gasteiger partial charge in [0.15, 0.2) is 0 Å². The Kier molecular flexibility index (Phi) is 3.40. The molecule has 0 saturated heterocycles. The van der Waals surface area contributed by atoms with Crippen LogP contribution in [0.25, 0.3) is 0 Å². The van der Waals surface area contributed by atoms with E-state index in [4.69, 9.17) is 11.6 Å². The highest BCUT2D eigenvalue weighted by Gasteiger charge is 2.42. The Morgan fingerprint density at radius 1 is 1.55 bits per heavy atom. The molecule has 1 N–H and O–H groups in total. The molecular weight excluding hydrogens is 283 g/mol. The summed E-state index contributed by atoms with van der Waals surface area (Å²) in [5.74, 6) is -0.547. The maximum atomic E-state index is 13.7. The molecule has 0 radical (unpaired) electrons. The lowest BCUT2D eigenvalue weighted by molar-refractivity contribution is -0.122. The van der Waals surface area contributed by atoms with Gasteiger partial charge in [0.05, 0.1) is 0 Å². The predicted molar refractivity (Wildman–Crippen MR) is 70.7 cm³/mol. The van der Waals surface area contributed by atoms with Gasteiger partial charge in [0.2, 0.25) is 5.91 Å². The minimum absolute atomic E-state index is 0.0524. The molecule has 1 saturated carbocycles. The van der Waals surface area contributed by atoms with E-state index in [0.29, 0.717) is 17.0 Å². The smallest absolute Gasteiger partial charge is 0.242 e.